The van der Waals surface area contributed by atoms with Gasteiger partial charge in [-0.2, -0.15) is 30.3 Å². The Bertz CT molecular complexity index is 1690. The van der Waals surface area contributed by atoms with Gasteiger partial charge in [0.05, 0.1) is 12.7 Å². The molecular weight excluding hydrogens is 750 g/mol. The van der Waals surface area contributed by atoms with Crippen LogP contribution in [0.25, 0.3) is 33.2 Å². The quantitative estimate of drug-likeness (QED) is 0.127. The first-order valence-corrected chi connectivity index (χ1v) is 18.6. The molecule has 2 aliphatic carbocycles. The number of rotatable bonds is 6. The van der Waals surface area contributed by atoms with Crippen LogP contribution in [0.4, 0.5) is 0 Å². The summed E-state index contributed by atoms with van der Waals surface area (Å²) in [6.07, 6.45) is 15.4. The summed E-state index contributed by atoms with van der Waals surface area (Å²) < 4.78 is 20.4. The van der Waals surface area contributed by atoms with Gasteiger partial charge in [0.2, 0.25) is 0 Å². The Morgan fingerprint density at radius 3 is 2.09 bits per heavy atom. The largest absolute Gasteiger partial charge is 0.500 e. The first kappa shape index (κ1) is 33.8. The third-order valence-electron chi connectivity index (χ3n) is 9.64. The van der Waals surface area contributed by atoms with Crippen molar-refractivity contribution in [1.29, 1.82) is 0 Å². The van der Waals surface area contributed by atoms with E-state index >= 15 is 0 Å². The number of fused-ring (bicyclic) bond motifs is 3. The van der Waals surface area contributed by atoms with Crippen LogP contribution in [0.1, 0.15) is 89.2 Å². The zero-order chi connectivity index (χ0) is 30.5. The van der Waals surface area contributed by atoms with E-state index in [9.17, 15) is 4.57 Å². The van der Waals surface area contributed by atoms with Gasteiger partial charge in [0.15, 0.2) is 0 Å². The van der Waals surface area contributed by atoms with E-state index in [1.165, 1.54) is 75.2 Å². The van der Waals surface area contributed by atoms with Crippen molar-refractivity contribution in [1.82, 2.24) is 4.98 Å². The van der Waals surface area contributed by atoms with Gasteiger partial charge in [-0.3, -0.25) is 0 Å². The Kier molecular flexibility index (Phi) is 11.6. The molecule has 0 aliphatic heterocycles. The van der Waals surface area contributed by atoms with Crippen LogP contribution in [0.3, 0.4) is 0 Å². The summed E-state index contributed by atoms with van der Waals surface area (Å²) in [6.45, 7) is 6.51. The maximum absolute atomic E-state index is 14.1. The maximum Gasteiger partial charge on any atom is 0.124 e. The third-order valence-corrected chi connectivity index (χ3v) is 13.9. The van der Waals surface area contributed by atoms with Crippen molar-refractivity contribution in [2.75, 3.05) is 0 Å². The van der Waals surface area contributed by atoms with E-state index in [1.807, 2.05) is 43.5 Å². The van der Waals surface area contributed by atoms with Crippen molar-refractivity contribution in [2.45, 2.75) is 103 Å². The molecule has 0 saturated heterocycles. The Morgan fingerprint density at radius 1 is 0.800 bits per heavy atom. The fraction of sp³-hybridized carbons (Fsp3) is 0.425. The van der Waals surface area contributed by atoms with Crippen LogP contribution < -0.4 is 5.30 Å². The van der Waals surface area contributed by atoms with Gasteiger partial charge in [0.25, 0.3) is 0 Å². The van der Waals surface area contributed by atoms with E-state index in [0.29, 0.717) is 17.2 Å². The van der Waals surface area contributed by atoms with Gasteiger partial charge < -0.3 is 14.0 Å². The van der Waals surface area contributed by atoms with Gasteiger partial charge in [-0.05, 0) is 61.8 Å². The van der Waals surface area contributed by atoms with Crippen LogP contribution in [0.2, 0.25) is 0 Å². The first-order valence-electron chi connectivity index (χ1n) is 16.8. The summed E-state index contributed by atoms with van der Waals surface area (Å²) in [4.78, 5) is 4.55. The van der Waals surface area contributed by atoms with E-state index < -0.39 is 7.14 Å². The number of nitrogens with zero attached hydrogens (tertiary/aromatic N) is 1. The third kappa shape index (κ3) is 7.40. The Balaban J connectivity index is 0.000000177. The number of furan rings is 1. The van der Waals surface area contributed by atoms with Crippen molar-refractivity contribution in [3.63, 3.8) is 0 Å². The average molecular weight is 796 g/mol. The number of pyridine rings is 1. The van der Waals surface area contributed by atoms with Gasteiger partial charge in [-0.15, -0.1) is 23.5 Å². The molecule has 0 unspecified atom stereocenters. The number of benzene rings is 3. The normalized spacial score (nSPS) is 16.4. The molecular formula is C40H46IrNO2P-2. The molecule has 3 nitrogen and oxygen atoms in total. The summed E-state index contributed by atoms with van der Waals surface area (Å²) in [7, 11) is -2.28. The first-order chi connectivity index (χ1) is 21.4. The SMILES string of the molecule is Cc1ccc(-c2[c-]ccc3c2oc2c(CC(C)C)cccc23)nc1.O=P(c1[c-]cccc1)(C1CCCCC1)C1CCCCC1.[Ir]. The molecule has 239 valence electrons. The molecule has 5 aromatic rings. The van der Waals surface area contributed by atoms with Crippen molar-refractivity contribution >= 4 is 34.4 Å². The molecule has 3 aromatic carbocycles. The minimum Gasteiger partial charge on any atom is -0.500 e. The molecule has 45 heavy (non-hydrogen) atoms. The van der Waals surface area contributed by atoms with Crippen LogP contribution in [-0.2, 0) is 31.1 Å². The molecule has 0 atom stereocenters. The summed E-state index contributed by atoms with van der Waals surface area (Å²) in [6, 6.07) is 29.3. The minimum absolute atomic E-state index is 0. The van der Waals surface area contributed by atoms with E-state index in [-0.39, 0.29) is 20.1 Å². The summed E-state index contributed by atoms with van der Waals surface area (Å²) in [5.74, 6) is 0.591. The molecule has 0 spiro atoms. The average Bonchev–Trinajstić information content (AvgIpc) is 3.46. The maximum atomic E-state index is 14.1. The van der Waals surface area contributed by atoms with Crippen LogP contribution in [0.15, 0.2) is 77.3 Å². The molecule has 2 aliphatic rings. The molecule has 0 N–H and O–H groups in total. The number of hydrogen-bond donors (Lipinski definition) is 0. The van der Waals surface area contributed by atoms with E-state index in [4.69, 9.17) is 4.42 Å². The second kappa shape index (κ2) is 15.4. The van der Waals surface area contributed by atoms with Gasteiger partial charge in [-0.25, -0.2) is 0 Å². The standard InChI is InChI=1S/C22H20NO.C18H26OP.Ir/c1-14(2)12-16-6-4-7-17-18-8-5-9-19(22(18)24-21(16)17)20-11-10-15(3)13-23-20;19-20(16-10-4-1-5-11-16,17-12-6-2-7-13-17)18-14-8-3-9-15-18;/h4-8,10-11,13-14H,12H2,1-3H3;1,4-5,10,17-18H,2-3,6-9,12-15H2;/q2*-1;. The molecule has 0 bridgehead atoms. The zero-order valence-electron chi connectivity index (χ0n) is 27.0. The fourth-order valence-electron chi connectivity index (χ4n) is 7.45. The fourth-order valence-corrected chi connectivity index (χ4v) is 11.7. The molecule has 1 radical (unpaired) electrons. The summed E-state index contributed by atoms with van der Waals surface area (Å²) in [5.41, 5.74) is 7.00. The van der Waals surface area contributed by atoms with E-state index in [1.54, 1.807) is 0 Å². The van der Waals surface area contributed by atoms with Crippen LogP contribution >= 0.6 is 7.14 Å². The molecule has 2 fully saturated rings. The van der Waals surface area contributed by atoms with Crippen molar-refractivity contribution in [3.8, 4) is 11.3 Å². The van der Waals surface area contributed by atoms with Gasteiger partial charge in [-0.1, -0.05) is 93.7 Å². The van der Waals surface area contributed by atoms with Crippen LogP contribution in [0.5, 0.6) is 0 Å². The Labute approximate surface area is 283 Å². The van der Waals surface area contributed by atoms with E-state index in [2.05, 4.69) is 67.4 Å². The van der Waals surface area contributed by atoms with Crippen molar-refractivity contribution < 1.29 is 29.1 Å². The number of hydrogen-bond acceptors (Lipinski definition) is 3. The monoisotopic (exact) mass is 796 g/mol. The van der Waals surface area contributed by atoms with Gasteiger partial charge in [0, 0.05) is 43.0 Å². The predicted octanol–water partition coefficient (Wildman–Crippen LogP) is 11.1. The Morgan fingerprint density at radius 2 is 1.49 bits per heavy atom. The van der Waals surface area contributed by atoms with Crippen LogP contribution in [0, 0.1) is 25.0 Å². The topological polar surface area (TPSA) is 43.1 Å². The smallest absolute Gasteiger partial charge is 0.124 e. The second-order valence-corrected chi connectivity index (χ2v) is 16.7. The van der Waals surface area contributed by atoms with Gasteiger partial charge in [0.1, 0.15) is 5.58 Å². The Hall–Kier alpha value is -2.51. The predicted molar refractivity (Wildman–Crippen MR) is 185 cm³/mol. The zero-order valence-corrected chi connectivity index (χ0v) is 30.3. The van der Waals surface area contributed by atoms with Crippen molar-refractivity contribution in [2.24, 2.45) is 5.92 Å². The minimum atomic E-state index is -2.28. The molecule has 2 saturated carbocycles. The van der Waals surface area contributed by atoms with E-state index in [0.717, 1.165) is 45.1 Å². The van der Waals surface area contributed by atoms with Gasteiger partial charge >= 0.3 is 0 Å². The number of aromatic nitrogens is 1. The molecule has 7 rings (SSSR count). The molecule has 0 amide bonds. The molecule has 2 heterocycles. The molecule has 5 heteroatoms. The second-order valence-electron chi connectivity index (χ2n) is 13.4. The number of aryl methyl sites for hydroxylation is 1. The van der Waals surface area contributed by atoms with Crippen molar-refractivity contribution in [3.05, 3.63) is 96.2 Å². The summed E-state index contributed by atoms with van der Waals surface area (Å²) in [5, 5.41) is 3.36. The van der Waals surface area contributed by atoms with Crippen LogP contribution in [-0.4, -0.2) is 16.3 Å². The summed E-state index contributed by atoms with van der Waals surface area (Å²) >= 11 is 0. The molecule has 2 aromatic heterocycles. The number of para-hydroxylation sites is 1.